The van der Waals surface area contributed by atoms with Gasteiger partial charge in [0.2, 0.25) is 0 Å². The third kappa shape index (κ3) is 18.4. The fraction of sp³-hybridized carbons (Fsp3) is 0.120. The number of carboxylic acids is 1. The molecule has 0 aromatic carbocycles. The van der Waals surface area contributed by atoms with Crippen molar-refractivity contribution >= 4 is 82.7 Å². The van der Waals surface area contributed by atoms with Crippen molar-refractivity contribution < 1.29 is 55.5 Å². The predicted octanol–water partition coefficient (Wildman–Crippen LogP) is 3.55. The minimum absolute atomic E-state index is 0. The third-order valence-corrected chi connectivity index (χ3v) is 5.41. The van der Waals surface area contributed by atoms with Crippen LogP contribution in [0, 0.1) is 0 Å². The van der Waals surface area contributed by atoms with Crippen molar-refractivity contribution in [2.24, 2.45) is 0 Å². The van der Waals surface area contributed by atoms with Gasteiger partial charge in [-0.1, -0.05) is 62.3 Å². The van der Waals surface area contributed by atoms with Crippen LogP contribution in [-0.4, -0.2) is 57.6 Å². The summed E-state index contributed by atoms with van der Waals surface area (Å²) in [5, 5.41) is 19.9. The van der Waals surface area contributed by atoms with Crippen LogP contribution < -0.4 is 29.6 Å². The molecule has 4 aromatic rings. The Balaban J connectivity index is -0.000000473. The van der Waals surface area contributed by atoms with Gasteiger partial charge < -0.3 is 16.4 Å². The Labute approximate surface area is 291 Å². The van der Waals surface area contributed by atoms with Gasteiger partial charge in [0.25, 0.3) is 0 Å². The van der Waals surface area contributed by atoms with E-state index in [0.717, 1.165) is 11.0 Å². The van der Waals surface area contributed by atoms with E-state index in [0.29, 0.717) is 25.8 Å². The molecule has 9 nitrogen and oxygen atoms in total. The molecule has 3 radical (unpaired) electrons. The van der Waals surface area contributed by atoms with Crippen LogP contribution in [0.5, 0.6) is 0 Å². The van der Waals surface area contributed by atoms with Crippen LogP contribution in [0.3, 0.4) is 0 Å². The van der Waals surface area contributed by atoms with E-state index >= 15 is 0 Å². The molecular weight excluding hydrogens is 692 g/mol. The molecule has 0 saturated carbocycles. The molecular formula is C25H22BBrCl4N4NaO5. The number of aromatic carboxylic acids is 1. The Morgan fingerprint density at radius 1 is 0.756 bits per heavy atom. The summed E-state index contributed by atoms with van der Waals surface area (Å²) < 4.78 is 4.43. The summed E-state index contributed by atoms with van der Waals surface area (Å²) in [6.07, 6.45) is 5.84. The Kier molecular flexibility index (Phi) is 23.9. The van der Waals surface area contributed by atoms with E-state index in [1.807, 2.05) is 12.1 Å². The first-order chi connectivity index (χ1) is 18.6. The van der Waals surface area contributed by atoms with Crippen LogP contribution in [0.1, 0.15) is 33.8 Å². The number of aromatic nitrogens is 4. The Hall–Kier alpha value is -1.80. The molecule has 0 aliphatic heterocycles. The SMILES string of the molecule is COC(=O)c1ccc(Cl)cn1.Clc1ccc(CBr)nc1.O=C(O)c1ccc(Cl)cn1.OCc1ccc(Cl)cn1.[B].[H-].[Na+]. The first-order valence-electron chi connectivity index (χ1n) is 10.5. The second-order valence-electron chi connectivity index (χ2n) is 6.75. The van der Waals surface area contributed by atoms with Crippen LogP contribution in [-0.2, 0) is 16.7 Å². The summed E-state index contributed by atoms with van der Waals surface area (Å²) in [4.78, 5) is 36.1. The maximum atomic E-state index is 10.8. The number of carboxylic acid groups (broad SMARTS) is 1. The topological polar surface area (TPSA) is 135 Å². The number of aliphatic hydroxyl groups is 1. The zero-order valence-electron chi connectivity index (χ0n) is 22.7. The maximum absolute atomic E-state index is 10.8. The molecule has 2 N–H and O–H groups in total. The first kappa shape index (κ1) is 41.3. The van der Waals surface area contributed by atoms with E-state index in [1.165, 1.54) is 43.9 Å². The van der Waals surface area contributed by atoms with E-state index in [1.54, 1.807) is 24.4 Å². The molecule has 211 valence electrons. The summed E-state index contributed by atoms with van der Waals surface area (Å²) >= 11 is 25.4. The summed E-state index contributed by atoms with van der Waals surface area (Å²) in [5.41, 5.74) is 1.90. The molecule has 0 aliphatic rings. The monoisotopic (exact) mass is 711 g/mol. The molecule has 4 rings (SSSR count). The summed E-state index contributed by atoms with van der Waals surface area (Å²) in [6.45, 7) is -0.0306. The number of hydrogen-bond acceptors (Lipinski definition) is 8. The molecule has 4 aromatic heterocycles. The number of esters is 1. The average molecular weight is 714 g/mol. The number of hydrogen-bond donors (Lipinski definition) is 2. The van der Waals surface area contributed by atoms with Gasteiger partial charge in [0.1, 0.15) is 11.4 Å². The van der Waals surface area contributed by atoms with Crippen molar-refractivity contribution in [2.75, 3.05) is 7.11 Å². The Morgan fingerprint density at radius 2 is 1.15 bits per heavy atom. The van der Waals surface area contributed by atoms with Gasteiger partial charge in [-0.15, -0.1) is 0 Å². The molecule has 16 heteroatoms. The number of nitrogens with zero attached hydrogens (tertiary/aromatic N) is 4. The number of ether oxygens (including phenoxy) is 1. The van der Waals surface area contributed by atoms with Gasteiger partial charge in [0, 0.05) is 38.5 Å². The van der Waals surface area contributed by atoms with Crippen LogP contribution in [0.2, 0.25) is 20.1 Å². The second kappa shape index (κ2) is 23.7. The summed E-state index contributed by atoms with van der Waals surface area (Å²) in [5.74, 6) is -1.50. The number of halogens is 5. The third-order valence-electron chi connectivity index (χ3n) is 3.94. The smallest absolute Gasteiger partial charge is 1.00 e. The van der Waals surface area contributed by atoms with Crippen molar-refractivity contribution in [3.05, 3.63) is 116 Å². The molecule has 0 amide bonds. The van der Waals surface area contributed by atoms with Crippen LogP contribution in [0.4, 0.5) is 0 Å². The number of carbonyl (C=O) groups excluding carboxylic acids is 1. The van der Waals surface area contributed by atoms with Crippen molar-refractivity contribution in [2.45, 2.75) is 11.9 Å². The maximum Gasteiger partial charge on any atom is 1.00 e. The molecule has 0 saturated heterocycles. The normalized spacial score (nSPS) is 8.95. The molecule has 0 unspecified atom stereocenters. The van der Waals surface area contributed by atoms with Crippen LogP contribution in [0.25, 0.3) is 0 Å². The van der Waals surface area contributed by atoms with Crippen LogP contribution >= 0.6 is 62.3 Å². The van der Waals surface area contributed by atoms with Crippen molar-refractivity contribution in [3.8, 4) is 0 Å². The molecule has 0 fully saturated rings. The minimum Gasteiger partial charge on any atom is -1.00 e. The number of alkyl halides is 1. The number of aliphatic hydroxyl groups excluding tert-OH is 1. The van der Waals surface area contributed by atoms with Gasteiger partial charge in [-0.3, -0.25) is 9.97 Å². The Morgan fingerprint density at radius 3 is 1.44 bits per heavy atom. The zero-order valence-corrected chi connectivity index (χ0v) is 28.3. The standard InChI is InChI=1S/C7H6ClNO2.C6H5BrClN.C6H4ClNO2.C6H6ClNO.B.Na.H/c1-11-7(10)6-3-2-5(8)4-9-6;7-3-6-2-1-5(8)4-9-6;7-4-1-2-5(6(9)10)8-3-4;7-5-1-2-6(4-9)8-3-5;;;/h2-4H,1H3;1-2,4H,3H2;1-3H,(H,9,10);1-3,9H,4H2;;;/q;;;;;+1;-1. The zero-order chi connectivity index (χ0) is 29.2. The number of pyridine rings is 4. The predicted molar refractivity (Wildman–Crippen MR) is 161 cm³/mol. The molecule has 0 bridgehead atoms. The minimum atomic E-state index is -1.04. The van der Waals surface area contributed by atoms with E-state index < -0.39 is 11.9 Å². The summed E-state index contributed by atoms with van der Waals surface area (Å²) in [7, 11) is 1.30. The van der Waals surface area contributed by atoms with Gasteiger partial charge in [-0.05, 0) is 48.5 Å². The summed E-state index contributed by atoms with van der Waals surface area (Å²) in [6, 6.07) is 13.0. The average Bonchev–Trinajstić information content (AvgIpc) is 2.95. The largest absolute Gasteiger partial charge is 1.00 e. The first-order valence-corrected chi connectivity index (χ1v) is 13.1. The van der Waals surface area contributed by atoms with E-state index in [9.17, 15) is 9.59 Å². The van der Waals surface area contributed by atoms with Crippen molar-refractivity contribution in [3.63, 3.8) is 0 Å². The molecule has 0 aliphatic carbocycles. The molecule has 0 spiro atoms. The van der Waals surface area contributed by atoms with E-state index in [-0.39, 0.29) is 57.4 Å². The molecule has 4 heterocycles. The van der Waals surface area contributed by atoms with E-state index in [2.05, 4.69) is 40.6 Å². The molecule has 41 heavy (non-hydrogen) atoms. The Bertz CT molecular complexity index is 1260. The molecule has 0 atom stereocenters. The number of rotatable bonds is 4. The van der Waals surface area contributed by atoms with Gasteiger partial charge in [0.15, 0.2) is 0 Å². The van der Waals surface area contributed by atoms with Crippen molar-refractivity contribution in [1.82, 2.24) is 19.9 Å². The van der Waals surface area contributed by atoms with Gasteiger partial charge >= 0.3 is 41.5 Å². The quantitative estimate of drug-likeness (QED) is 0.185. The van der Waals surface area contributed by atoms with E-state index in [4.69, 9.17) is 56.6 Å². The van der Waals surface area contributed by atoms with Crippen LogP contribution in [0.15, 0.2) is 73.3 Å². The van der Waals surface area contributed by atoms with Gasteiger partial charge in [-0.2, -0.15) is 0 Å². The number of methoxy groups -OCH3 is 1. The second-order valence-corrected chi connectivity index (χ2v) is 9.05. The van der Waals surface area contributed by atoms with Gasteiger partial charge in [-0.25, -0.2) is 19.6 Å². The fourth-order valence-corrected chi connectivity index (χ4v) is 2.87. The number of carbonyl (C=O) groups is 2. The fourth-order valence-electron chi connectivity index (χ4n) is 2.09. The van der Waals surface area contributed by atoms with Gasteiger partial charge in [0.05, 0.1) is 45.2 Å². The van der Waals surface area contributed by atoms with Crippen molar-refractivity contribution in [1.29, 1.82) is 0 Å².